The fraction of sp³-hybridized carbons (Fsp3) is 0.650. The number of hydrogen-bond donors (Lipinski definition) is 1. The Hall–Kier alpha value is -1.60. The average Bonchev–Trinajstić information content (AvgIpc) is 2.70. The van der Waals surface area contributed by atoms with Gasteiger partial charge in [-0.25, -0.2) is 0 Å². The number of hydrogen-bond acceptors (Lipinski definition) is 5. The summed E-state index contributed by atoms with van der Waals surface area (Å²) in [5.41, 5.74) is 0.997. The van der Waals surface area contributed by atoms with Gasteiger partial charge in [-0.15, -0.1) is 0 Å². The monoisotopic (exact) mass is 391 g/mol. The Balaban J connectivity index is 1.56. The summed E-state index contributed by atoms with van der Waals surface area (Å²) >= 11 is 1.64. The molecule has 148 valence electrons. The van der Waals surface area contributed by atoms with Gasteiger partial charge in [0.05, 0.1) is 12.2 Å². The predicted octanol–water partition coefficient (Wildman–Crippen LogP) is 1.93. The highest BCUT2D eigenvalue weighted by Gasteiger charge is 2.42. The third-order valence-electron chi connectivity index (χ3n) is 5.84. The topological polar surface area (TPSA) is 73.7 Å². The number of rotatable bonds is 6. The van der Waals surface area contributed by atoms with E-state index in [2.05, 4.69) is 4.98 Å². The van der Waals surface area contributed by atoms with Crippen molar-refractivity contribution in [1.82, 2.24) is 14.8 Å². The number of nitrogens with zero attached hydrogens (tertiary/aromatic N) is 3. The number of piperidine rings is 2. The highest BCUT2D eigenvalue weighted by Crippen LogP contribution is 2.40. The summed E-state index contributed by atoms with van der Waals surface area (Å²) in [4.78, 5) is 32.9. The van der Waals surface area contributed by atoms with Crippen molar-refractivity contribution in [3.8, 4) is 0 Å². The first-order chi connectivity index (χ1) is 13.0. The van der Waals surface area contributed by atoms with Crippen molar-refractivity contribution in [3.05, 3.63) is 30.1 Å². The van der Waals surface area contributed by atoms with Gasteiger partial charge in [0.2, 0.25) is 5.91 Å². The third-order valence-corrected chi connectivity index (χ3v) is 6.49. The molecule has 0 radical (unpaired) electrons. The molecule has 1 aromatic rings. The van der Waals surface area contributed by atoms with E-state index in [4.69, 9.17) is 0 Å². The largest absolute Gasteiger partial charge is 0.383 e. The Morgan fingerprint density at radius 1 is 1.33 bits per heavy atom. The van der Waals surface area contributed by atoms with Crippen LogP contribution in [0.5, 0.6) is 0 Å². The van der Waals surface area contributed by atoms with Gasteiger partial charge in [-0.1, -0.05) is 6.07 Å². The Kier molecular flexibility index (Phi) is 6.76. The number of amides is 2. The molecule has 2 aliphatic rings. The molecule has 2 saturated heterocycles. The van der Waals surface area contributed by atoms with E-state index >= 15 is 0 Å². The van der Waals surface area contributed by atoms with E-state index in [9.17, 15) is 14.7 Å². The lowest BCUT2D eigenvalue weighted by molar-refractivity contribution is -0.147. The molecule has 1 aromatic heterocycles. The van der Waals surface area contributed by atoms with Crippen LogP contribution in [0.3, 0.4) is 0 Å². The SMILES string of the molecule is CSCC[C@H](O)C(=O)N1CCC2(CCC(=O)N(Cc3ccccn3)C2)CC1. The molecular formula is C20H29N3O3S. The van der Waals surface area contributed by atoms with Crippen molar-refractivity contribution in [2.75, 3.05) is 31.6 Å². The number of aromatic nitrogens is 1. The van der Waals surface area contributed by atoms with Crippen molar-refractivity contribution in [2.45, 2.75) is 44.8 Å². The van der Waals surface area contributed by atoms with Gasteiger partial charge in [-0.05, 0) is 55.2 Å². The van der Waals surface area contributed by atoms with Gasteiger partial charge in [0.1, 0.15) is 6.10 Å². The normalized spacial score (nSPS) is 20.7. The van der Waals surface area contributed by atoms with Crippen LogP contribution in [0, 0.1) is 5.41 Å². The molecular weight excluding hydrogens is 362 g/mol. The second-order valence-electron chi connectivity index (χ2n) is 7.69. The number of likely N-dealkylation sites (tertiary alicyclic amines) is 2. The van der Waals surface area contributed by atoms with Gasteiger partial charge in [0, 0.05) is 32.3 Å². The number of carbonyl (C=O) groups is 2. The minimum atomic E-state index is -0.889. The summed E-state index contributed by atoms with van der Waals surface area (Å²) in [6.45, 7) is 2.62. The third kappa shape index (κ3) is 5.02. The number of carbonyl (C=O) groups excluding carboxylic acids is 2. The fourth-order valence-corrected chi connectivity index (χ4v) is 4.57. The van der Waals surface area contributed by atoms with Gasteiger partial charge >= 0.3 is 0 Å². The number of aliphatic hydroxyl groups is 1. The number of thioether (sulfide) groups is 1. The zero-order valence-corrected chi connectivity index (χ0v) is 16.8. The van der Waals surface area contributed by atoms with Gasteiger partial charge < -0.3 is 14.9 Å². The molecule has 1 spiro atoms. The molecule has 2 amide bonds. The standard InChI is InChI=1S/C20H29N3O3S/c1-27-13-6-17(24)19(26)22-11-8-20(9-12-22)7-5-18(25)23(15-20)14-16-4-2-3-10-21-16/h2-4,10,17,24H,5-9,11-15H2,1H3/t17-/m0/s1. The minimum Gasteiger partial charge on any atom is -0.383 e. The molecule has 2 aliphatic heterocycles. The maximum atomic E-state index is 12.4. The van der Waals surface area contributed by atoms with Crippen LogP contribution in [0.4, 0.5) is 0 Å². The lowest BCUT2D eigenvalue weighted by Crippen LogP contribution is -2.53. The van der Waals surface area contributed by atoms with Crippen molar-refractivity contribution in [1.29, 1.82) is 0 Å². The van der Waals surface area contributed by atoms with Crippen LogP contribution in [0.15, 0.2) is 24.4 Å². The van der Waals surface area contributed by atoms with Crippen LogP contribution in [0.1, 0.15) is 37.8 Å². The molecule has 0 aromatic carbocycles. The van der Waals surface area contributed by atoms with E-state index in [-0.39, 0.29) is 17.2 Å². The van der Waals surface area contributed by atoms with Crippen LogP contribution in [0.2, 0.25) is 0 Å². The Morgan fingerprint density at radius 3 is 2.78 bits per heavy atom. The molecule has 0 bridgehead atoms. The van der Waals surface area contributed by atoms with E-state index in [1.807, 2.05) is 29.4 Å². The lowest BCUT2D eigenvalue weighted by atomic mass is 9.72. The van der Waals surface area contributed by atoms with Crippen molar-refractivity contribution >= 4 is 23.6 Å². The molecule has 3 rings (SSSR count). The highest BCUT2D eigenvalue weighted by atomic mass is 32.2. The molecule has 6 nitrogen and oxygen atoms in total. The van der Waals surface area contributed by atoms with Crippen LogP contribution < -0.4 is 0 Å². The molecule has 27 heavy (non-hydrogen) atoms. The van der Waals surface area contributed by atoms with Crippen LogP contribution >= 0.6 is 11.8 Å². The Labute approximate surface area is 165 Å². The highest BCUT2D eigenvalue weighted by molar-refractivity contribution is 7.98. The van der Waals surface area contributed by atoms with Crippen LogP contribution in [0.25, 0.3) is 0 Å². The molecule has 3 heterocycles. The molecule has 0 saturated carbocycles. The number of aliphatic hydroxyl groups excluding tert-OH is 1. The first-order valence-corrected chi connectivity index (χ1v) is 11.1. The maximum Gasteiger partial charge on any atom is 0.251 e. The first kappa shape index (κ1) is 20.1. The number of pyridine rings is 1. The zero-order chi connectivity index (χ0) is 19.3. The van der Waals surface area contributed by atoms with Gasteiger partial charge in [-0.3, -0.25) is 14.6 Å². The van der Waals surface area contributed by atoms with E-state index < -0.39 is 6.10 Å². The second-order valence-corrected chi connectivity index (χ2v) is 8.68. The smallest absolute Gasteiger partial charge is 0.251 e. The summed E-state index contributed by atoms with van der Waals surface area (Å²) in [7, 11) is 0. The van der Waals surface area contributed by atoms with E-state index in [0.29, 0.717) is 32.5 Å². The Morgan fingerprint density at radius 2 is 2.11 bits per heavy atom. The van der Waals surface area contributed by atoms with E-state index in [1.165, 1.54) is 0 Å². The summed E-state index contributed by atoms with van der Waals surface area (Å²) in [6.07, 6.45) is 6.59. The van der Waals surface area contributed by atoms with Crippen molar-refractivity contribution in [3.63, 3.8) is 0 Å². The summed E-state index contributed by atoms with van der Waals surface area (Å²) in [5, 5.41) is 10.1. The van der Waals surface area contributed by atoms with Crippen LogP contribution in [-0.4, -0.2) is 69.5 Å². The maximum absolute atomic E-state index is 12.4. The predicted molar refractivity (Wildman–Crippen MR) is 106 cm³/mol. The quantitative estimate of drug-likeness (QED) is 0.802. The van der Waals surface area contributed by atoms with Crippen molar-refractivity contribution < 1.29 is 14.7 Å². The lowest BCUT2D eigenvalue weighted by Gasteiger charge is -2.47. The average molecular weight is 392 g/mol. The second kappa shape index (κ2) is 9.06. The molecule has 2 fully saturated rings. The Bertz CT molecular complexity index is 647. The van der Waals surface area contributed by atoms with Gasteiger partial charge in [0.15, 0.2) is 0 Å². The first-order valence-electron chi connectivity index (χ1n) is 9.66. The fourth-order valence-electron chi connectivity index (χ4n) is 4.11. The molecule has 7 heteroatoms. The van der Waals surface area contributed by atoms with Crippen molar-refractivity contribution in [2.24, 2.45) is 5.41 Å². The molecule has 0 unspecified atom stereocenters. The molecule has 1 N–H and O–H groups in total. The summed E-state index contributed by atoms with van der Waals surface area (Å²) < 4.78 is 0. The summed E-state index contributed by atoms with van der Waals surface area (Å²) in [6, 6.07) is 5.77. The van der Waals surface area contributed by atoms with E-state index in [0.717, 1.165) is 37.3 Å². The van der Waals surface area contributed by atoms with E-state index in [1.54, 1.807) is 22.9 Å². The van der Waals surface area contributed by atoms with Gasteiger partial charge in [0.25, 0.3) is 5.91 Å². The summed E-state index contributed by atoms with van der Waals surface area (Å²) in [5.74, 6) is 0.836. The zero-order valence-electron chi connectivity index (χ0n) is 16.0. The molecule has 0 aliphatic carbocycles. The van der Waals surface area contributed by atoms with Crippen LogP contribution in [-0.2, 0) is 16.1 Å². The molecule has 1 atom stereocenters. The minimum absolute atomic E-state index is 0.0870. The van der Waals surface area contributed by atoms with Gasteiger partial charge in [-0.2, -0.15) is 11.8 Å².